The van der Waals surface area contributed by atoms with Crippen molar-refractivity contribution in [2.75, 3.05) is 13.1 Å². The molecule has 0 amide bonds. The van der Waals surface area contributed by atoms with Crippen LogP contribution < -0.4 is 11.1 Å². The topological polar surface area (TPSA) is 75.3 Å². The molecule has 0 fully saturated rings. The van der Waals surface area contributed by atoms with E-state index in [1.54, 1.807) is 6.92 Å². The first-order chi connectivity index (χ1) is 8.08. The Morgan fingerprint density at radius 3 is 2.59 bits per heavy atom. The number of hydrogen-bond donors (Lipinski definition) is 3. The molecule has 1 atom stereocenters. The third-order valence-corrected chi connectivity index (χ3v) is 2.77. The predicted octanol–water partition coefficient (Wildman–Crippen LogP) is 1.01. The van der Waals surface area contributed by atoms with Gasteiger partial charge in [-0.2, -0.15) is 0 Å². The Hall–Kier alpha value is -1.39. The van der Waals surface area contributed by atoms with Crippen LogP contribution in [0, 0.1) is 0 Å². The number of carboxylic acids is 1. The maximum atomic E-state index is 11.3. The van der Waals surface area contributed by atoms with E-state index in [1.165, 1.54) is 0 Å². The van der Waals surface area contributed by atoms with Crippen molar-refractivity contribution in [1.29, 1.82) is 0 Å². The molecule has 0 aromatic heterocycles. The fourth-order valence-corrected chi connectivity index (χ4v) is 1.68. The summed E-state index contributed by atoms with van der Waals surface area (Å²) in [6.07, 6.45) is 1.24. The molecule has 0 spiro atoms. The van der Waals surface area contributed by atoms with Gasteiger partial charge in [-0.3, -0.25) is 4.79 Å². The quantitative estimate of drug-likeness (QED) is 0.618. The standard InChI is InChI=1S/C13H20N2O2/c1-13(12(16)17,15-9-5-8-14)10-11-6-3-2-4-7-11/h2-4,6-7,15H,5,8-10,14H2,1H3,(H,16,17). The van der Waals surface area contributed by atoms with E-state index in [2.05, 4.69) is 5.32 Å². The van der Waals surface area contributed by atoms with Crippen LogP contribution in [0.1, 0.15) is 18.9 Å². The third-order valence-electron chi connectivity index (χ3n) is 2.77. The molecule has 4 nitrogen and oxygen atoms in total. The van der Waals surface area contributed by atoms with Crippen molar-refractivity contribution in [1.82, 2.24) is 5.32 Å². The van der Waals surface area contributed by atoms with Gasteiger partial charge >= 0.3 is 5.97 Å². The van der Waals surface area contributed by atoms with Crippen LogP contribution in [0.2, 0.25) is 0 Å². The number of rotatable bonds is 7. The van der Waals surface area contributed by atoms with Gasteiger partial charge in [0.05, 0.1) is 0 Å². The smallest absolute Gasteiger partial charge is 0.323 e. The van der Waals surface area contributed by atoms with E-state index >= 15 is 0 Å². The molecule has 17 heavy (non-hydrogen) atoms. The number of carbonyl (C=O) groups is 1. The highest BCUT2D eigenvalue weighted by Crippen LogP contribution is 2.13. The van der Waals surface area contributed by atoms with Crippen LogP contribution in [-0.2, 0) is 11.2 Å². The Kier molecular flexibility index (Phi) is 5.12. The van der Waals surface area contributed by atoms with Crippen molar-refractivity contribution >= 4 is 5.97 Å². The number of nitrogens with two attached hydrogens (primary N) is 1. The molecule has 94 valence electrons. The minimum Gasteiger partial charge on any atom is -0.480 e. The molecule has 0 aliphatic rings. The molecule has 1 aromatic carbocycles. The van der Waals surface area contributed by atoms with E-state index in [1.807, 2.05) is 30.3 Å². The Morgan fingerprint density at radius 1 is 1.41 bits per heavy atom. The average molecular weight is 236 g/mol. The molecule has 0 radical (unpaired) electrons. The molecular weight excluding hydrogens is 216 g/mol. The van der Waals surface area contributed by atoms with Crippen LogP contribution in [0.25, 0.3) is 0 Å². The monoisotopic (exact) mass is 236 g/mol. The van der Waals surface area contributed by atoms with E-state index in [-0.39, 0.29) is 0 Å². The molecule has 1 unspecified atom stereocenters. The van der Waals surface area contributed by atoms with E-state index in [0.29, 0.717) is 19.5 Å². The van der Waals surface area contributed by atoms with Crippen molar-refractivity contribution in [2.24, 2.45) is 5.73 Å². The second kappa shape index (κ2) is 6.37. The first-order valence-corrected chi connectivity index (χ1v) is 5.81. The van der Waals surface area contributed by atoms with Crippen molar-refractivity contribution in [3.8, 4) is 0 Å². The van der Waals surface area contributed by atoms with E-state index in [4.69, 9.17) is 5.73 Å². The largest absolute Gasteiger partial charge is 0.480 e. The first kappa shape index (κ1) is 13.7. The highest BCUT2D eigenvalue weighted by molar-refractivity contribution is 5.78. The molecule has 0 saturated carbocycles. The predicted molar refractivity (Wildman–Crippen MR) is 67.9 cm³/mol. The fraction of sp³-hybridized carbons (Fsp3) is 0.462. The second-order valence-electron chi connectivity index (χ2n) is 4.37. The molecule has 0 aliphatic carbocycles. The Labute approximate surface area is 102 Å². The van der Waals surface area contributed by atoms with Crippen LogP contribution in [0.5, 0.6) is 0 Å². The Balaban J connectivity index is 2.68. The van der Waals surface area contributed by atoms with Crippen LogP contribution in [0.15, 0.2) is 30.3 Å². The molecule has 1 rings (SSSR count). The molecule has 0 heterocycles. The maximum Gasteiger partial charge on any atom is 0.323 e. The second-order valence-corrected chi connectivity index (χ2v) is 4.37. The van der Waals surface area contributed by atoms with Crippen molar-refractivity contribution in [3.05, 3.63) is 35.9 Å². The SMILES string of the molecule is CC(Cc1ccccc1)(NCCCN)C(=O)O. The van der Waals surface area contributed by atoms with Gasteiger partial charge in [-0.1, -0.05) is 30.3 Å². The summed E-state index contributed by atoms with van der Waals surface area (Å²) < 4.78 is 0. The average Bonchev–Trinajstić information content (AvgIpc) is 2.30. The third kappa shape index (κ3) is 4.17. The van der Waals surface area contributed by atoms with Crippen LogP contribution in [-0.4, -0.2) is 29.7 Å². The maximum absolute atomic E-state index is 11.3. The Morgan fingerprint density at radius 2 is 2.06 bits per heavy atom. The fourth-order valence-electron chi connectivity index (χ4n) is 1.68. The number of hydrogen-bond acceptors (Lipinski definition) is 3. The molecule has 4 heteroatoms. The Bertz CT molecular complexity index is 354. The number of nitrogens with one attached hydrogen (secondary N) is 1. The summed E-state index contributed by atoms with van der Waals surface area (Å²) in [6.45, 7) is 2.89. The highest BCUT2D eigenvalue weighted by atomic mass is 16.4. The molecule has 1 aromatic rings. The molecule has 0 saturated heterocycles. The zero-order valence-electron chi connectivity index (χ0n) is 10.1. The first-order valence-electron chi connectivity index (χ1n) is 5.81. The van der Waals surface area contributed by atoms with Gasteiger partial charge in [0, 0.05) is 6.42 Å². The normalized spacial score (nSPS) is 14.2. The van der Waals surface area contributed by atoms with Crippen molar-refractivity contribution in [2.45, 2.75) is 25.3 Å². The number of benzene rings is 1. The van der Waals surface area contributed by atoms with Crippen molar-refractivity contribution in [3.63, 3.8) is 0 Å². The number of carboxylic acid groups (broad SMARTS) is 1. The van der Waals surface area contributed by atoms with E-state index in [0.717, 1.165) is 12.0 Å². The van der Waals surface area contributed by atoms with Gasteiger partial charge in [-0.25, -0.2) is 0 Å². The molecule has 0 aliphatic heterocycles. The minimum absolute atomic E-state index is 0.466. The summed E-state index contributed by atoms with van der Waals surface area (Å²) in [5.41, 5.74) is 5.48. The zero-order chi connectivity index (χ0) is 12.7. The summed E-state index contributed by atoms with van der Waals surface area (Å²) in [7, 11) is 0. The summed E-state index contributed by atoms with van der Waals surface area (Å²) in [6, 6.07) is 9.62. The lowest BCUT2D eigenvalue weighted by Crippen LogP contribution is -2.51. The van der Waals surface area contributed by atoms with Crippen LogP contribution >= 0.6 is 0 Å². The molecular formula is C13H20N2O2. The van der Waals surface area contributed by atoms with Gasteiger partial charge in [-0.05, 0) is 32.0 Å². The van der Waals surface area contributed by atoms with Gasteiger partial charge in [0.15, 0.2) is 0 Å². The summed E-state index contributed by atoms with van der Waals surface area (Å²) in [4.78, 5) is 11.3. The van der Waals surface area contributed by atoms with Gasteiger partial charge < -0.3 is 16.2 Å². The van der Waals surface area contributed by atoms with E-state index < -0.39 is 11.5 Å². The van der Waals surface area contributed by atoms with Gasteiger partial charge in [0.25, 0.3) is 0 Å². The highest BCUT2D eigenvalue weighted by Gasteiger charge is 2.32. The number of aliphatic carboxylic acids is 1. The lowest BCUT2D eigenvalue weighted by atomic mass is 9.92. The zero-order valence-corrected chi connectivity index (χ0v) is 10.1. The summed E-state index contributed by atoms with van der Waals surface area (Å²) in [5, 5.41) is 12.4. The molecule has 4 N–H and O–H groups in total. The summed E-state index contributed by atoms with van der Waals surface area (Å²) in [5.74, 6) is -0.835. The van der Waals surface area contributed by atoms with Gasteiger partial charge in [-0.15, -0.1) is 0 Å². The van der Waals surface area contributed by atoms with E-state index in [9.17, 15) is 9.90 Å². The van der Waals surface area contributed by atoms with Crippen molar-refractivity contribution < 1.29 is 9.90 Å². The lowest BCUT2D eigenvalue weighted by Gasteiger charge is -2.26. The van der Waals surface area contributed by atoms with Crippen LogP contribution in [0.3, 0.4) is 0 Å². The summed E-state index contributed by atoms with van der Waals surface area (Å²) >= 11 is 0. The molecule has 0 bridgehead atoms. The minimum atomic E-state index is -0.934. The van der Waals surface area contributed by atoms with Gasteiger partial charge in [0.2, 0.25) is 0 Å². The van der Waals surface area contributed by atoms with Crippen LogP contribution in [0.4, 0.5) is 0 Å². The lowest BCUT2D eigenvalue weighted by molar-refractivity contribution is -0.144. The van der Waals surface area contributed by atoms with Gasteiger partial charge in [0.1, 0.15) is 5.54 Å².